The van der Waals surface area contributed by atoms with E-state index in [0.717, 1.165) is 16.5 Å². The minimum absolute atomic E-state index is 0.260. The first-order valence-electron chi connectivity index (χ1n) is 5.65. The van der Waals surface area contributed by atoms with Crippen LogP contribution in [0.3, 0.4) is 0 Å². The Morgan fingerprint density at radius 2 is 2.32 bits per heavy atom. The number of rotatable bonds is 8. The second-order valence-electron chi connectivity index (χ2n) is 3.82. The summed E-state index contributed by atoms with van der Waals surface area (Å²) >= 11 is 3.19. The van der Waals surface area contributed by atoms with Gasteiger partial charge in [-0.05, 0) is 6.92 Å². The van der Waals surface area contributed by atoms with Crippen LogP contribution in [0, 0.1) is 6.92 Å². The molecule has 1 rings (SSSR count). The van der Waals surface area contributed by atoms with E-state index in [-0.39, 0.29) is 12.5 Å². The topological polar surface area (TPSA) is 99.5 Å². The fraction of sp³-hybridized carbons (Fsp3) is 0.545. The van der Waals surface area contributed by atoms with Crippen LogP contribution in [0.25, 0.3) is 0 Å². The highest BCUT2D eigenvalue weighted by Crippen LogP contribution is 2.15. The molecule has 0 aromatic carbocycles. The smallest absolute Gasteiger partial charge is 0.334 e. The van der Waals surface area contributed by atoms with Gasteiger partial charge in [0.25, 0.3) is 0 Å². The van der Waals surface area contributed by atoms with Gasteiger partial charge < -0.3 is 15.5 Å². The third-order valence-corrected chi connectivity index (χ3v) is 3.98. The third kappa shape index (κ3) is 6.55. The van der Waals surface area contributed by atoms with Gasteiger partial charge in [0.1, 0.15) is 0 Å². The van der Waals surface area contributed by atoms with E-state index in [1.165, 1.54) is 0 Å². The number of carbonyl (C=O) groups is 2. The zero-order valence-electron chi connectivity index (χ0n) is 10.5. The summed E-state index contributed by atoms with van der Waals surface area (Å²) in [7, 11) is 0. The minimum Gasteiger partial charge on any atom is -0.479 e. The van der Waals surface area contributed by atoms with Gasteiger partial charge in [-0.2, -0.15) is 11.8 Å². The molecule has 19 heavy (non-hydrogen) atoms. The molecule has 3 N–H and O–H groups in total. The molecule has 0 aliphatic heterocycles. The number of nitrogens with zero attached hydrogens (tertiary/aromatic N) is 1. The van der Waals surface area contributed by atoms with Crippen molar-refractivity contribution < 1.29 is 19.8 Å². The van der Waals surface area contributed by atoms with E-state index in [0.29, 0.717) is 12.2 Å². The number of carboxylic acid groups (broad SMARTS) is 1. The zero-order chi connectivity index (χ0) is 14.3. The monoisotopic (exact) mass is 304 g/mol. The van der Waals surface area contributed by atoms with Gasteiger partial charge in [0.15, 0.2) is 6.10 Å². The molecule has 8 heteroatoms. The van der Waals surface area contributed by atoms with Crippen LogP contribution in [0.1, 0.15) is 17.1 Å². The van der Waals surface area contributed by atoms with Crippen LogP contribution in [0.4, 0.5) is 0 Å². The number of aliphatic carboxylic acids is 1. The summed E-state index contributed by atoms with van der Waals surface area (Å²) in [6.07, 6.45) is -1.25. The molecule has 0 aliphatic rings. The first-order chi connectivity index (χ1) is 8.99. The van der Waals surface area contributed by atoms with Crippen LogP contribution in [-0.2, 0) is 15.3 Å². The van der Waals surface area contributed by atoms with Crippen LogP contribution >= 0.6 is 23.1 Å². The summed E-state index contributed by atoms with van der Waals surface area (Å²) in [6, 6.07) is 0. The average Bonchev–Trinajstić information content (AvgIpc) is 2.77. The molecule has 0 bridgehead atoms. The van der Waals surface area contributed by atoms with Gasteiger partial charge in [-0.1, -0.05) is 0 Å². The second-order valence-corrected chi connectivity index (χ2v) is 5.99. The molecule has 0 aliphatic carbocycles. The van der Waals surface area contributed by atoms with Crippen molar-refractivity contribution in [2.24, 2.45) is 0 Å². The van der Waals surface area contributed by atoms with Crippen molar-refractivity contribution in [1.29, 1.82) is 0 Å². The lowest BCUT2D eigenvalue weighted by atomic mass is 10.3. The fourth-order valence-corrected chi connectivity index (χ4v) is 2.75. The molecular formula is C11H16N2O4S2. The van der Waals surface area contributed by atoms with Gasteiger partial charge in [0.05, 0.1) is 17.2 Å². The third-order valence-electron chi connectivity index (χ3n) is 2.17. The molecule has 0 unspecified atom stereocenters. The number of amides is 1. The standard InChI is InChI=1S/C11H16N2O4S2/c1-7-13-8(6-19-7)5-18-3-2-10(15)12-4-9(14)11(16)17/h6,9,14H,2-5H2,1H3,(H,12,15)(H,16,17)/t9-/m0/s1. The molecule has 0 spiro atoms. The molecule has 0 saturated heterocycles. The van der Waals surface area contributed by atoms with E-state index in [1.807, 2.05) is 12.3 Å². The molecule has 1 heterocycles. The van der Waals surface area contributed by atoms with Gasteiger partial charge in [-0.25, -0.2) is 9.78 Å². The van der Waals surface area contributed by atoms with Crippen molar-refractivity contribution in [2.75, 3.05) is 12.3 Å². The number of carbonyl (C=O) groups excluding carboxylic acids is 1. The van der Waals surface area contributed by atoms with E-state index < -0.39 is 12.1 Å². The predicted molar refractivity (Wildman–Crippen MR) is 74.3 cm³/mol. The van der Waals surface area contributed by atoms with Gasteiger partial charge in [0, 0.05) is 23.3 Å². The van der Waals surface area contributed by atoms with E-state index in [9.17, 15) is 9.59 Å². The molecule has 1 atom stereocenters. The Morgan fingerprint density at radius 1 is 1.58 bits per heavy atom. The Bertz CT molecular complexity index is 436. The number of aliphatic hydroxyl groups is 1. The summed E-state index contributed by atoms with van der Waals surface area (Å²) in [5.74, 6) is -0.211. The zero-order valence-corrected chi connectivity index (χ0v) is 12.1. The molecule has 1 aromatic heterocycles. The summed E-state index contributed by atoms with van der Waals surface area (Å²) < 4.78 is 0. The number of thiazole rings is 1. The van der Waals surface area contributed by atoms with Gasteiger partial charge >= 0.3 is 5.97 Å². The van der Waals surface area contributed by atoms with Crippen LogP contribution < -0.4 is 5.32 Å². The minimum atomic E-state index is -1.55. The summed E-state index contributed by atoms with van der Waals surface area (Å²) in [6.45, 7) is 1.68. The molecule has 0 radical (unpaired) electrons. The van der Waals surface area contributed by atoms with Crippen molar-refractivity contribution >= 4 is 35.0 Å². The van der Waals surface area contributed by atoms with Gasteiger partial charge in [-0.15, -0.1) is 11.3 Å². The van der Waals surface area contributed by atoms with Crippen LogP contribution in [-0.4, -0.2) is 45.5 Å². The fourth-order valence-electron chi connectivity index (χ4n) is 1.20. The number of carboxylic acids is 1. The van der Waals surface area contributed by atoms with Crippen LogP contribution in [0.5, 0.6) is 0 Å². The van der Waals surface area contributed by atoms with Crippen molar-refractivity contribution in [3.63, 3.8) is 0 Å². The van der Waals surface area contributed by atoms with Gasteiger partial charge in [-0.3, -0.25) is 4.79 Å². The number of aromatic nitrogens is 1. The molecular weight excluding hydrogens is 288 g/mol. The lowest BCUT2D eigenvalue weighted by Crippen LogP contribution is -2.36. The van der Waals surface area contributed by atoms with Crippen LogP contribution in [0.15, 0.2) is 5.38 Å². The first-order valence-corrected chi connectivity index (χ1v) is 7.69. The van der Waals surface area contributed by atoms with Crippen molar-refractivity contribution in [3.8, 4) is 0 Å². The van der Waals surface area contributed by atoms with Crippen molar-refractivity contribution in [2.45, 2.75) is 25.2 Å². The second kappa shape index (κ2) is 8.13. The lowest BCUT2D eigenvalue weighted by molar-refractivity contribution is -0.146. The molecule has 1 amide bonds. The molecule has 6 nitrogen and oxygen atoms in total. The normalized spacial score (nSPS) is 12.1. The predicted octanol–water partition coefficient (Wildman–Crippen LogP) is 0.637. The summed E-state index contributed by atoms with van der Waals surface area (Å²) in [5, 5.41) is 22.8. The highest BCUT2D eigenvalue weighted by molar-refractivity contribution is 7.98. The van der Waals surface area contributed by atoms with Crippen LogP contribution in [0.2, 0.25) is 0 Å². The SMILES string of the molecule is Cc1nc(CSCCC(=O)NC[C@H](O)C(=O)O)cs1. The maximum absolute atomic E-state index is 11.3. The van der Waals surface area contributed by atoms with E-state index >= 15 is 0 Å². The highest BCUT2D eigenvalue weighted by atomic mass is 32.2. The average molecular weight is 304 g/mol. The molecule has 0 fully saturated rings. The van der Waals surface area contributed by atoms with E-state index in [1.54, 1.807) is 23.1 Å². The quantitative estimate of drug-likeness (QED) is 0.609. The Morgan fingerprint density at radius 3 is 2.89 bits per heavy atom. The Balaban J connectivity index is 2.09. The molecule has 0 saturated carbocycles. The Labute approximate surface area is 119 Å². The molecule has 106 valence electrons. The summed E-state index contributed by atoms with van der Waals surface area (Å²) in [4.78, 5) is 26.0. The summed E-state index contributed by atoms with van der Waals surface area (Å²) in [5.41, 5.74) is 1.01. The number of hydrogen-bond donors (Lipinski definition) is 3. The maximum atomic E-state index is 11.3. The number of aliphatic hydroxyl groups excluding tert-OH is 1. The number of nitrogens with one attached hydrogen (secondary N) is 1. The van der Waals surface area contributed by atoms with Crippen molar-refractivity contribution in [3.05, 3.63) is 16.1 Å². The van der Waals surface area contributed by atoms with Crippen molar-refractivity contribution in [1.82, 2.24) is 10.3 Å². The van der Waals surface area contributed by atoms with E-state index in [2.05, 4.69) is 10.3 Å². The largest absolute Gasteiger partial charge is 0.479 e. The lowest BCUT2D eigenvalue weighted by Gasteiger charge is -2.07. The maximum Gasteiger partial charge on any atom is 0.334 e. The number of hydrogen-bond acceptors (Lipinski definition) is 6. The Kier molecular flexibility index (Phi) is 6.82. The number of aryl methyl sites for hydroxylation is 1. The number of thioether (sulfide) groups is 1. The van der Waals surface area contributed by atoms with Gasteiger partial charge in [0.2, 0.25) is 5.91 Å². The first kappa shape index (κ1) is 15.9. The molecule has 1 aromatic rings. The Hall–Kier alpha value is -1.12. The van der Waals surface area contributed by atoms with E-state index in [4.69, 9.17) is 10.2 Å². The highest BCUT2D eigenvalue weighted by Gasteiger charge is 2.13.